The molecule has 0 fully saturated rings. The van der Waals surface area contributed by atoms with Crippen LogP contribution in [0.15, 0.2) is 59.2 Å². The van der Waals surface area contributed by atoms with Crippen molar-refractivity contribution in [1.29, 1.82) is 0 Å². The molecule has 0 spiro atoms. The van der Waals surface area contributed by atoms with E-state index in [1.165, 1.54) is 0 Å². The average molecular weight is 339 g/mol. The topological polar surface area (TPSA) is 64.7 Å². The summed E-state index contributed by atoms with van der Waals surface area (Å²) in [6, 6.07) is 14.9. The highest BCUT2D eigenvalue weighted by atomic mass is 16.5. The third-order valence-corrected chi connectivity index (χ3v) is 3.84. The Morgan fingerprint density at radius 2 is 1.64 bits per heavy atom. The number of aromatic nitrogens is 1. The molecule has 130 valence electrons. The summed E-state index contributed by atoms with van der Waals surface area (Å²) < 4.78 is 16.4. The van der Waals surface area contributed by atoms with Gasteiger partial charge in [0.2, 0.25) is 5.89 Å². The summed E-state index contributed by atoms with van der Waals surface area (Å²) in [6.45, 7) is 3.80. The summed E-state index contributed by atoms with van der Waals surface area (Å²) in [4.78, 5) is 4.44. The summed E-state index contributed by atoms with van der Waals surface area (Å²) in [5.41, 5.74) is 1.56. The predicted octanol–water partition coefficient (Wildman–Crippen LogP) is 4.16. The molecular weight excluding hydrogens is 318 g/mol. The number of hydrogen-bond donors (Lipinski definition) is 1. The molecule has 5 nitrogen and oxygen atoms in total. The van der Waals surface area contributed by atoms with Gasteiger partial charge in [0.05, 0.1) is 12.7 Å². The van der Waals surface area contributed by atoms with Gasteiger partial charge in [0, 0.05) is 5.56 Å². The van der Waals surface area contributed by atoms with Crippen LogP contribution in [0.5, 0.6) is 11.5 Å². The molecule has 1 N–H and O–H groups in total. The molecule has 0 atom stereocenters. The SMILES string of the molecule is COc1ccc(-c2nc(COc3ccc(C(C)(C)O)cc3)co2)cc1. The first-order chi connectivity index (χ1) is 12.0. The highest BCUT2D eigenvalue weighted by molar-refractivity contribution is 5.54. The minimum atomic E-state index is -0.863. The first-order valence-electron chi connectivity index (χ1n) is 8.00. The molecular formula is C20H21NO4. The Labute approximate surface area is 146 Å². The highest BCUT2D eigenvalue weighted by Crippen LogP contribution is 2.24. The summed E-state index contributed by atoms with van der Waals surface area (Å²) in [5.74, 6) is 2.04. The van der Waals surface area contributed by atoms with Crippen LogP contribution in [0, 0.1) is 0 Å². The van der Waals surface area contributed by atoms with Gasteiger partial charge in [-0.05, 0) is 55.8 Å². The second-order valence-corrected chi connectivity index (χ2v) is 6.24. The van der Waals surface area contributed by atoms with Gasteiger partial charge in [-0.1, -0.05) is 12.1 Å². The van der Waals surface area contributed by atoms with E-state index in [0.29, 0.717) is 23.9 Å². The van der Waals surface area contributed by atoms with Gasteiger partial charge >= 0.3 is 0 Å². The van der Waals surface area contributed by atoms with E-state index in [1.54, 1.807) is 27.2 Å². The lowest BCUT2D eigenvalue weighted by atomic mass is 9.99. The van der Waals surface area contributed by atoms with E-state index in [9.17, 15) is 5.11 Å². The molecule has 3 rings (SSSR count). The number of hydrogen-bond acceptors (Lipinski definition) is 5. The summed E-state index contributed by atoms with van der Waals surface area (Å²) in [5, 5.41) is 9.96. The van der Waals surface area contributed by atoms with Gasteiger partial charge in [-0.3, -0.25) is 0 Å². The van der Waals surface area contributed by atoms with Crippen LogP contribution in [-0.2, 0) is 12.2 Å². The van der Waals surface area contributed by atoms with E-state index in [2.05, 4.69) is 4.98 Å². The van der Waals surface area contributed by atoms with Gasteiger partial charge in [0.25, 0.3) is 0 Å². The van der Waals surface area contributed by atoms with E-state index in [-0.39, 0.29) is 0 Å². The molecule has 0 amide bonds. The van der Waals surface area contributed by atoms with E-state index in [1.807, 2.05) is 48.5 Å². The van der Waals surface area contributed by atoms with Crippen LogP contribution in [0.4, 0.5) is 0 Å². The maximum absolute atomic E-state index is 9.96. The van der Waals surface area contributed by atoms with Gasteiger partial charge in [0.15, 0.2) is 0 Å². The summed E-state index contributed by atoms with van der Waals surface area (Å²) in [6.07, 6.45) is 1.59. The van der Waals surface area contributed by atoms with Gasteiger partial charge in [-0.15, -0.1) is 0 Å². The molecule has 0 saturated carbocycles. The Kier molecular flexibility index (Phi) is 4.76. The lowest BCUT2D eigenvalue weighted by Crippen LogP contribution is -2.14. The molecule has 0 aliphatic rings. The number of rotatable bonds is 6. The van der Waals surface area contributed by atoms with Crippen molar-refractivity contribution in [1.82, 2.24) is 4.98 Å². The molecule has 0 bridgehead atoms. The first-order valence-corrected chi connectivity index (χ1v) is 8.00. The lowest BCUT2D eigenvalue weighted by Gasteiger charge is -2.17. The number of benzene rings is 2. The highest BCUT2D eigenvalue weighted by Gasteiger charge is 2.15. The average Bonchev–Trinajstić information content (AvgIpc) is 3.09. The van der Waals surface area contributed by atoms with Crippen molar-refractivity contribution in [2.24, 2.45) is 0 Å². The van der Waals surface area contributed by atoms with E-state index in [0.717, 1.165) is 16.9 Å². The molecule has 1 aromatic heterocycles. The number of methoxy groups -OCH3 is 1. The van der Waals surface area contributed by atoms with Crippen LogP contribution in [0.25, 0.3) is 11.5 Å². The van der Waals surface area contributed by atoms with Gasteiger partial charge in [-0.25, -0.2) is 4.98 Å². The van der Waals surface area contributed by atoms with Crippen molar-refractivity contribution < 1.29 is 19.0 Å². The largest absolute Gasteiger partial charge is 0.497 e. The fourth-order valence-corrected chi connectivity index (χ4v) is 2.36. The zero-order valence-electron chi connectivity index (χ0n) is 14.5. The van der Waals surface area contributed by atoms with Crippen LogP contribution in [0.3, 0.4) is 0 Å². The van der Waals surface area contributed by atoms with Crippen molar-refractivity contribution in [2.75, 3.05) is 7.11 Å². The van der Waals surface area contributed by atoms with Crippen LogP contribution >= 0.6 is 0 Å². The van der Waals surface area contributed by atoms with E-state index < -0.39 is 5.60 Å². The fourth-order valence-electron chi connectivity index (χ4n) is 2.36. The van der Waals surface area contributed by atoms with Crippen molar-refractivity contribution in [2.45, 2.75) is 26.1 Å². The maximum atomic E-state index is 9.96. The minimum absolute atomic E-state index is 0.307. The monoisotopic (exact) mass is 339 g/mol. The van der Waals surface area contributed by atoms with Crippen molar-refractivity contribution in [3.05, 3.63) is 66.1 Å². The molecule has 1 heterocycles. The van der Waals surface area contributed by atoms with E-state index in [4.69, 9.17) is 13.9 Å². The molecule has 5 heteroatoms. The molecule has 3 aromatic rings. The smallest absolute Gasteiger partial charge is 0.226 e. The Balaban J connectivity index is 1.63. The minimum Gasteiger partial charge on any atom is -0.497 e. The normalized spacial score (nSPS) is 11.4. The van der Waals surface area contributed by atoms with Crippen molar-refractivity contribution in [3.63, 3.8) is 0 Å². The molecule has 0 aliphatic heterocycles. The predicted molar refractivity (Wildman–Crippen MR) is 94.5 cm³/mol. The molecule has 0 unspecified atom stereocenters. The van der Waals surface area contributed by atoms with Crippen LogP contribution in [-0.4, -0.2) is 17.2 Å². The van der Waals surface area contributed by atoms with Gasteiger partial charge < -0.3 is 19.0 Å². The standard InChI is InChI=1S/C20H21NO4/c1-20(2,22)15-6-10-18(11-7-15)24-12-16-13-25-19(21-16)14-4-8-17(23-3)9-5-14/h4-11,13,22H,12H2,1-3H3. The quantitative estimate of drug-likeness (QED) is 0.730. The Bertz CT molecular complexity index is 814. The van der Waals surface area contributed by atoms with Gasteiger partial charge in [-0.2, -0.15) is 0 Å². The van der Waals surface area contributed by atoms with Crippen molar-refractivity contribution in [3.8, 4) is 23.0 Å². The summed E-state index contributed by atoms with van der Waals surface area (Å²) >= 11 is 0. The number of ether oxygens (including phenoxy) is 2. The third kappa shape index (κ3) is 4.19. The van der Waals surface area contributed by atoms with Gasteiger partial charge in [0.1, 0.15) is 30.1 Å². The zero-order chi connectivity index (χ0) is 17.9. The number of aliphatic hydroxyl groups is 1. The van der Waals surface area contributed by atoms with E-state index >= 15 is 0 Å². The molecule has 0 radical (unpaired) electrons. The first kappa shape index (κ1) is 17.0. The lowest BCUT2D eigenvalue weighted by molar-refractivity contribution is 0.0785. The third-order valence-electron chi connectivity index (χ3n) is 3.84. The van der Waals surface area contributed by atoms with Crippen LogP contribution < -0.4 is 9.47 Å². The second-order valence-electron chi connectivity index (χ2n) is 6.24. The molecule has 2 aromatic carbocycles. The van der Waals surface area contributed by atoms with Crippen molar-refractivity contribution >= 4 is 0 Å². The van der Waals surface area contributed by atoms with Crippen LogP contribution in [0.1, 0.15) is 25.1 Å². The molecule has 0 saturated heterocycles. The zero-order valence-corrected chi connectivity index (χ0v) is 14.5. The summed E-state index contributed by atoms with van der Waals surface area (Å²) in [7, 11) is 1.63. The number of oxazole rings is 1. The van der Waals surface area contributed by atoms with Crippen LogP contribution in [0.2, 0.25) is 0 Å². The number of nitrogens with zero attached hydrogens (tertiary/aromatic N) is 1. The Morgan fingerprint density at radius 1 is 1.00 bits per heavy atom. The Morgan fingerprint density at radius 3 is 2.24 bits per heavy atom. The molecule has 25 heavy (non-hydrogen) atoms. The Hall–Kier alpha value is -2.79. The second kappa shape index (κ2) is 6.99. The molecule has 0 aliphatic carbocycles. The maximum Gasteiger partial charge on any atom is 0.226 e. The fraction of sp³-hybridized carbons (Fsp3) is 0.250.